The number of methoxy groups -OCH3 is 4. The molecule has 1 aromatic heterocycles. The van der Waals surface area contributed by atoms with Gasteiger partial charge in [0.2, 0.25) is 0 Å². The first-order valence-electron chi connectivity index (χ1n) is 11.1. The highest BCUT2D eigenvalue weighted by Gasteiger charge is 2.24. The number of hydrogen-bond donors (Lipinski definition) is 1. The number of aryl methyl sites for hydroxylation is 1. The van der Waals surface area contributed by atoms with Crippen molar-refractivity contribution in [2.24, 2.45) is 0 Å². The number of benzene rings is 3. The van der Waals surface area contributed by atoms with E-state index in [0.29, 0.717) is 34.3 Å². The third-order valence-electron chi connectivity index (χ3n) is 5.90. The first-order chi connectivity index (χ1) is 17.0. The minimum atomic E-state index is -0.578. The smallest absolute Gasteiger partial charge is 0.252 e. The van der Waals surface area contributed by atoms with Crippen molar-refractivity contribution in [1.29, 1.82) is 0 Å². The Bertz CT molecular complexity index is 1360. The van der Waals surface area contributed by atoms with Gasteiger partial charge < -0.3 is 24.3 Å². The topological polar surface area (TPSA) is 78.9 Å². The fraction of sp³-hybridized carbons (Fsp3) is 0.214. The first-order valence-corrected chi connectivity index (χ1v) is 11.1. The fourth-order valence-electron chi connectivity index (χ4n) is 4.01. The summed E-state index contributed by atoms with van der Waals surface area (Å²) >= 11 is 0. The summed E-state index contributed by atoms with van der Waals surface area (Å²) in [7, 11) is 6.35. The molecule has 8 heteroatoms. The molecular formula is C28H29ClN2O5. The lowest BCUT2D eigenvalue weighted by Crippen LogP contribution is -2.30. The van der Waals surface area contributed by atoms with Gasteiger partial charge in [0, 0.05) is 17.1 Å². The molecule has 0 bridgehead atoms. The van der Waals surface area contributed by atoms with Crippen LogP contribution in [0.25, 0.3) is 10.8 Å². The number of halogens is 1. The van der Waals surface area contributed by atoms with Crippen LogP contribution in [0, 0.1) is 6.92 Å². The second kappa shape index (κ2) is 11.6. The lowest BCUT2D eigenvalue weighted by atomic mass is 9.97. The Morgan fingerprint density at radius 1 is 0.778 bits per heavy atom. The minimum absolute atomic E-state index is 0. The minimum Gasteiger partial charge on any atom is -0.493 e. The van der Waals surface area contributed by atoms with Gasteiger partial charge in [-0.1, -0.05) is 23.8 Å². The second-order valence-corrected chi connectivity index (χ2v) is 8.01. The Morgan fingerprint density at radius 3 is 2.03 bits per heavy atom. The molecule has 3 aromatic carbocycles. The molecule has 0 spiro atoms. The van der Waals surface area contributed by atoms with Crippen molar-refractivity contribution in [2.75, 3.05) is 28.4 Å². The molecular weight excluding hydrogens is 480 g/mol. The van der Waals surface area contributed by atoms with Gasteiger partial charge in [0.25, 0.3) is 5.91 Å². The molecule has 0 radical (unpaired) electrons. The van der Waals surface area contributed by atoms with Crippen LogP contribution in [0.15, 0.2) is 66.9 Å². The lowest BCUT2D eigenvalue weighted by molar-refractivity contribution is 0.0942. The maximum absolute atomic E-state index is 13.3. The molecule has 36 heavy (non-hydrogen) atoms. The molecule has 188 valence electrons. The number of fused-ring (bicyclic) bond motifs is 1. The molecule has 0 aliphatic rings. The van der Waals surface area contributed by atoms with E-state index >= 15 is 0 Å². The zero-order valence-corrected chi connectivity index (χ0v) is 21.6. The van der Waals surface area contributed by atoms with Crippen LogP contribution in [0.4, 0.5) is 0 Å². The average Bonchev–Trinajstić information content (AvgIpc) is 2.90. The molecule has 0 fully saturated rings. The molecule has 1 unspecified atom stereocenters. The zero-order chi connectivity index (χ0) is 24.9. The Morgan fingerprint density at radius 2 is 1.39 bits per heavy atom. The van der Waals surface area contributed by atoms with Gasteiger partial charge in [-0.15, -0.1) is 12.4 Å². The molecule has 1 atom stereocenters. The third-order valence-corrected chi connectivity index (χ3v) is 5.90. The van der Waals surface area contributed by atoms with E-state index in [1.807, 2.05) is 55.5 Å². The molecule has 1 heterocycles. The highest BCUT2D eigenvalue weighted by molar-refractivity contribution is 5.95. The van der Waals surface area contributed by atoms with Gasteiger partial charge in [0.05, 0.1) is 40.2 Å². The van der Waals surface area contributed by atoms with Crippen molar-refractivity contribution >= 4 is 29.1 Å². The number of carbonyl (C=O) groups is 1. The molecule has 0 saturated carbocycles. The zero-order valence-electron chi connectivity index (χ0n) is 20.8. The van der Waals surface area contributed by atoms with E-state index in [9.17, 15) is 4.79 Å². The molecule has 0 saturated heterocycles. The summed E-state index contributed by atoms with van der Waals surface area (Å²) in [4.78, 5) is 18.0. The van der Waals surface area contributed by atoms with Crippen molar-refractivity contribution in [2.45, 2.75) is 13.0 Å². The predicted octanol–water partition coefficient (Wildman–Crippen LogP) is 5.52. The van der Waals surface area contributed by atoms with Crippen LogP contribution in [-0.2, 0) is 0 Å². The quantitative estimate of drug-likeness (QED) is 0.337. The maximum atomic E-state index is 13.3. The summed E-state index contributed by atoms with van der Waals surface area (Å²) in [5.41, 5.74) is 3.09. The van der Waals surface area contributed by atoms with Gasteiger partial charge in [0.15, 0.2) is 23.0 Å². The SMILES string of the molecule is COc1ccc(C(NC(=O)c2ccc(C)cc2)c2nccc3cc(OC)c(OC)cc23)cc1OC.Cl. The summed E-state index contributed by atoms with van der Waals surface area (Å²) in [6, 6.07) is 18.1. The molecule has 4 rings (SSSR count). The van der Waals surface area contributed by atoms with E-state index in [1.54, 1.807) is 46.8 Å². The van der Waals surface area contributed by atoms with Gasteiger partial charge in [0.1, 0.15) is 0 Å². The van der Waals surface area contributed by atoms with Crippen molar-refractivity contribution in [1.82, 2.24) is 10.3 Å². The van der Waals surface area contributed by atoms with Crippen LogP contribution in [0.1, 0.15) is 33.2 Å². The van der Waals surface area contributed by atoms with Crippen LogP contribution in [0.2, 0.25) is 0 Å². The number of aromatic nitrogens is 1. The van der Waals surface area contributed by atoms with E-state index in [0.717, 1.165) is 21.9 Å². The van der Waals surface area contributed by atoms with E-state index in [-0.39, 0.29) is 18.3 Å². The predicted molar refractivity (Wildman–Crippen MR) is 142 cm³/mol. The first kappa shape index (κ1) is 26.6. The van der Waals surface area contributed by atoms with E-state index in [4.69, 9.17) is 23.9 Å². The van der Waals surface area contributed by atoms with Gasteiger partial charge >= 0.3 is 0 Å². The van der Waals surface area contributed by atoms with Crippen molar-refractivity contribution in [3.8, 4) is 23.0 Å². The largest absolute Gasteiger partial charge is 0.493 e. The molecule has 4 aromatic rings. The molecule has 0 aliphatic carbocycles. The number of pyridine rings is 1. The second-order valence-electron chi connectivity index (χ2n) is 8.01. The van der Waals surface area contributed by atoms with Crippen LogP contribution in [0.3, 0.4) is 0 Å². The van der Waals surface area contributed by atoms with Crippen molar-refractivity contribution in [3.05, 3.63) is 89.2 Å². The molecule has 1 N–H and O–H groups in total. The van der Waals surface area contributed by atoms with Crippen LogP contribution in [0.5, 0.6) is 23.0 Å². The van der Waals surface area contributed by atoms with E-state index in [2.05, 4.69) is 5.32 Å². The number of amides is 1. The Hall–Kier alpha value is -3.97. The van der Waals surface area contributed by atoms with Crippen LogP contribution < -0.4 is 24.3 Å². The highest BCUT2D eigenvalue weighted by Crippen LogP contribution is 2.37. The maximum Gasteiger partial charge on any atom is 0.252 e. The Kier molecular flexibility index (Phi) is 8.61. The molecule has 1 amide bonds. The van der Waals surface area contributed by atoms with Crippen molar-refractivity contribution in [3.63, 3.8) is 0 Å². The molecule has 0 aliphatic heterocycles. The monoisotopic (exact) mass is 508 g/mol. The van der Waals surface area contributed by atoms with Crippen LogP contribution in [-0.4, -0.2) is 39.3 Å². The standard InChI is InChI=1S/C28H28N2O5.ClH/c1-17-6-8-18(9-7-17)28(31)30-26(20-10-11-22(32-2)23(15-20)33-3)27-21-16-25(35-5)24(34-4)14-19(21)12-13-29-27;/h6-16,26H,1-5H3,(H,30,31);1H. The Balaban J connectivity index is 0.00000361. The summed E-state index contributed by atoms with van der Waals surface area (Å²) in [5.74, 6) is 2.12. The fourth-order valence-corrected chi connectivity index (χ4v) is 4.01. The van der Waals surface area contributed by atoms with Gasteiger partial charge in [-0.2, -0.15) is 0 Å². The van der Waals surface area contributed by atoms with Crippen molar-refractivity contribution < 1.29 is 23.7 Å². The van der Waals surface area contributed by atoms with Gasteiger partial charge in [-0.3, -0.25) is 9.78 Å². The normalized spacial score (nSPS) is 11.2. The lowest BCUT2D eigenvalue weighted by Gasteiger charge is -2.22. The van der Waals surface area contributed by atoms with Gasteiger partial charge in [-0.25, -0.2) is 0 Å². The molecule has 7 nitrogen and oxygen atoms in total. The average molecular weight is 509 g/mol. The summed E-state index contributed by atoms with van der Waals surface area (Å²) in [6.07, 6.45) is 1.72. The number of hydrogen-bond acceptors (Lipinski definition) is 6. The van der Waals surface area contributed by atoms with Gasteiger partial charge in [-0.05, 0) is 60.3 Å². The number of carbonyl (C=O) groups excluding carboxylic acids is 1. The van der Waals surface area contributed by atoms with Crippen LogP contribution >= 0.6 is 12.4 Å². The summed E-state index contributed by atoms with van der Waals surface area (Å²) < 4.78 is 21.9. The highest BCUT2D eigenvalue weighted by atomic mass is 35.5. The van der Waals surface area contributed by atoms with E-state index < -0.39 is 6.04 Å². The third kappa shape index (κ3) is 5.31. The number of rotatable bonds is 8. The number of ether oxygens (including phenoxy) is 4. The Labute approximate surface area is 216 Å². The summed E-state index contributed by atoms with van der Waals surface area (Å²) in [5, 5.41) is 4.90. The van der Waals surface area contributed by atoms with E-state index in [1.165, 1.54) is 0 Å². The number of nitrogens with one attached hydrogen (secondary N) is 1. The number of nitrogens with zero attached hydrogens (tertiary/aromatic N) is 1. The summed E-state index contributed by atoms with van der Waals surface area (Å²) in [6.45, 7) is 1.98.